The van der Waals surface area contributed by atoms with E-state index in [1.54, 1.807) is 0 Å². The van der Waals surface area contributed by atoms with Crippen LogP contribution in [0.25, 0.3) is 0 Å². The SMILES string of the molecule is CCCc1nn(C)c(CCC)c1CCC. The maximum atomic E-state index is 4.65. The predicted molar refractivity (Wildman–Crippen MR) is 65.2 cm³/mol. The van der Waals surface area contributed by atoms with Crippen molar-refractivity contribution in [3.63, 3.8) is 0 Å². The van der Waals surface area contributed by atoms with Gasteiger partial charge in [0.15, 0.2) is 0 Å². The molecule has 0 aliphatic rings. The van der Waals surface area contributed by atoms with E-state index >= 15 is 0 Å². The summed E-state index contributed by atoms with van der Waals surface area (Å²) in [7, 11) is 2.09. The van der Waals surface area contributed by atoms with Crippen LogP contribution in [0, 0.1) is 0 Å². The summed E-state index contributed by atoms with van der Waals surface area (Å²) in [6, 6.07) is 0. The first-order valence-electron chi connectivity index (χ1n) is 6.28. The molecule has 0 spiro atoms. The predicted octanol–water partition coefficient (Wildman–Crippen LogP) is 3.28. The van der Waals surface area contributed by atoms with Crippen LogP contribution in [0.15, 0.2) is 0 Å². The Labute approximate surface area is 93.7 Å². The van der Waals surface area contributed by atoms with Crippen LogP contribution in [-0.2, 0) is 26.3 Å². The van der Waals surface area contributed by atoms with Crippen LogP contribution in [0.3, 0.4) is 0 Å². The molecule has 0 saturated carbocycles. The maximum absolute atomic E-state index is 4.65. The lowest BCUT2D eigenvalue weighted by molar-refractivity contribution is 0.681. The fourth-order valence-electron chi connectivity index (χ4n) is 2.19. The molecular weight excluding hydrogens is 184 g/mol. The highest BCUT2D eigenvalue weighted by molar-refractivity contribution is 5.27. The second-order valence-corrected chi connectivity index (χ2v) is 4.25. The number of rotatable bonds is 6. The molecule has 0 atom stereocenters. The number of nitrogens with zero attached hydrogens (tertiary/aromatic N) is 2. The average Bonchev–Trinajstić information content (AvgIpc) is 2.48. The highest BCUT2D eigenvalue weighted by Gasteiger charge is 2.13. The Morgan fingerprint density at radius 3 is 2.07 bits per heavy atom. The molecule has 0 fully saturated rings. The number of hydrogen-bond donors (Lipinski definition) is 0. The van der Waals surface area contributed by atoms with E-state index in [0.717, 1.165) is 6.42 Å². The average molecular weight is 208 g/mol. The van der Waals surface area contributed by atoms with Crippen molar-refractivity contribution in [3.05, 3.63) is 17.0 Å². The lowest BCUT2D eigenvalue weighted by Gasteiger charge is -2.04. The van der Waals surface area contributed by atoms with E-state index in [4.69, 9.17) is 0 Å². The summed E-state index contributed by atoms with van der Waals surface area (Å²) >= 11 is 0. The standard InChI is InChI=1S/C13H24N2/c1-5-8-11-12(9-6-2)14-15(4)13(11)10-7-3/h5-10H2,1-4H3. The third-order valence-electron chi connectivity index (χ3n) is 2.83. The van der Waals surface area contributed by atoms with Crippen molar-refractivity contribution in [2.75, 3.05) is 0 Å². The summed E-state index contributed by atoms with van der Waals surface area (Å²) < 4.78 is 2.10. The Bertz CT molecular complexity index is 300. The summed E-state index contributed by atoms with van der Waals surface area (Å²) in [5.41, 5.74) is 4.33. The summed E-state index contributed by atoms with van der Waals surface area (Å²) in [6.45, 7) is 6.71. The number of aromatic nitrogens is 2. The van der Waals surface area contributed by atoms with Crippen molar-refractivity contribution in [2.24, 2.45) is 7.05 Å². The largest absolute Gasteiger partial charge is 0.272 e. The summed E-state index contributed by atoms with van der Waals surface area (Å²) in [6.07, 6.45) is 7.12. The minimum absolute atomic E-state index is 1.13. The molecule has 1 rings (SSSR count). The van der Waals surface area contributed by atoms with Crippen LogP contribution in [-0.4, -0.2) is 9.78 Å². The van der Waals surface area contributed by atoms with E-state index in [9.17, 15) is 0 Å². The van der Waals surface area contributed by atoms with Gasteiger partial charge >= 0.3 is 0 Å². The normalized spacial score (nSPS) is 10.9. The molecule has 0 bridgehead atoms. The van der Waals surface area contributed by atoms with Crippen molar-refractivity contribution in [3.8, 4) is 0 Å². The summed E-state index contributed by atoms with van der Waals surface area (Å²) in [5, 5.41) is 4.65. The Kier molecular flexibility index (Phi) is 4.86. The molecule has 0 aliphatic heterocycles. The quantitative estimate of drug-likeness (QED) is 0.701. The smallest absolute Gasteiger partial charge is 0.0659 e. The molecule has 2 heteroatoms. The zero-order valence-electron chi connectivity index (χ0n) is 10.6. The fraction of sp³-hybridized carbons (Fsp3) is 0.769. The first-order chi connectivity index (χ1) is 7.24. The van der Waals surface area contributed by atoms with E-state index in [2.05, 4.69) is 37.6 Å². The minimum atomic E-state index is 1.13. The highest BCUT2D eigenvalue weighted by atomic mass is 15.3. The maximum Gasteiger partial charge on any atom is 0.0659 e. The monoisotopic (exact) mass is 208 g/mol. The minimum Gasteiger partial charge on any atom is -0.272 e. The van der Waals surface area contributed by atoms with Crippen LogP contribution in [0.5, 0.6) is 0 Å². The van der Waals surface area contributed by atoms with Gasteiger partial charge in [0.05, 0.1) is 5.69 Å². The lowest BCUT2D eigenvalue weighted by atomic mass is 10.0. The van der Waals surface area contributed by atoms with Crippen LogP contribution in [0.4, 0.5) is 0 Å². The van der Waals surface area contributed by atoms with E-state index in [1.165, 1.54) is 49.1 Å². The van der Waals surface area contributed by atoms with Gasteiger partial charge in [-0.3, -0.25) is 4.68 Å². The summed E-state index contributed by atoms with van der Waals surface area (Å²) in [5.74, 6) is 0. The fourth-order valence-corrected chi connectivity index (χ4v) is 2.19. The van der Waals surface area contributed by atoms with Gasteiger partial charge in [0.25, 0.3) is 0 Å². The highest BCUT2D eigenvalue weighted by Crippen LogP contribution is 2.18. The first-order valence-corrected chi connectivity index (χ1v) is 6.28. The second kappa shape index (κ2) is 5.94. The van der Waals surface area contributed by atoms with Gasteiger partial charge in [-0.2, -0.15) is 5.10 Å². The zero-order valence-corrected chi connectivity index (χ0v) is 10.6. The van der Waals surface area contributed by atoms with Crippen molar-refractivity contribution in [1.82, 2.24) is 9.78 Å². The molecule has 0 unspecified atom stereocenters. The van der Waals surface area contributed by atoms with Crippen molar-refractivity contribution >= 4 is 0 Å². The molecule has 1 aromatic rings. The first kappa shape index (κ1) is 12.3. The molecule has 0 radical (unpaired) electrons. The van der Waals surface area contributed by atoms with Gasteiger partial charge in [0.1, 0.15) is 0 Å². The molecule has 1 heterocycles. The molecule has 0 amide bonds. The van der Waals surface area contributed by atoms with Crippen LogP contribution >= 0.6 is 0 Å². The van der Waals surface area contributed by atoms with E-state index < -0.39 is 0 Å². The van der Waals surface area contributed by atoms with Crippen LogP contribution in [0.1, 0.15) is 57.0 Å². The Morgan fingerprint density at radius 2 is 1.53 bits per heavy atom. The van der Waals surface area contributed by atoms with Gasteiger partial charge in [0.2, 0.25) is 0 Å². The number of aryl methyl sites for hydroxylation is 2. The third kappa shape index (κ3) is 2.83. The zero-order chi connectivity index (χ0) is 11.3. The summed E-state index contributed by atoms with van der Waals surface area (Å²) in [4.78, 5) is 0. The van der Waals surface area contributed by atoms with Gasteiger partial charge < -0.3 is 0 Å². The molecule has 1 aromatic heterocycles. The molecule has 0 saturated heterocycles. The Morgan fingerprint density at radius 1 is 0.933 bits per heavy atom. The second-order valence-electron chi connectivity index (χ2n) is 4.25. The molecule has 15 heavy (non-hydrogen) atoms. The van der Waals surface area contributed by atoms with Crippen LogP contribution < -0.4 is 0 Å². The molecule has 2 nitrogen and oxygen atoms in total. The Balaban J connectivity index is 3.00. The molecular formula is C13H24N2. The third-order valence-corrected chi connectivity index (χ3v) is 2.83. The van der Waals surface area contributed by atoms with Gasteiger partial charge in [-0.25, -0.2) is 0 Å². The number of hydrogen-bond acceptors (Lipinski definition) is 1. The van der Waals surface area contributed by atoms with Crippen molar-refractivity contribution in [1.29, 1.82) is 0 Å². The van der Waals surface area contributed by atoms with Gasteiger partial charge in [-0.15, -0.1) is 0 Å². The molecule has 0 N–H and O–H groups in total. The van der Waals surface area contributed by atoms with Gasteiger partial charge in [0, 0.05) is 12.7 Å². The van der Waals surface area contributed by atoms with E-state index in [0.29, 0.717) is 0 Å². The van der Waals surface area contributed by atoms with Gasteiger partial charge in [-0.1, -0.05) is 40.0 Å². The van der Waals surface area contributed by atoms with Crippen LogP contribution in [0.2, 0.25) is 0 Å². The van der Waals surface area contributed by atoms with E-state index in [-0.39, 0.29) is 0 Å². The van der Waals surface area contributed by atoms with E-state index in [1.807, 2.05) is 0 Å². The van der Waals surface area contributed by atoms with Crippen molar-refractivity contribution < 1.29 is 0 Å². The van der Waals surface area contributed by atoms with Crippen molar-refractivity contribution in [2.45, 2.75) is 59.3 Å². The van der Waals surface area contributed by atoms with Gasteiger partial charge in [-0.05, 0) is 24.8 Å². The topological polar surface area (TPSA) is 17.8 Å². The molecule has 86 valence electrons. The Hall–Kier alpha value is -0.790. The molecule has 0 aromatic carbocycles. The molecule has 0 aliphatic carbocycles. The lowest BCUT2D eigenvalue weighted by Crippen LogP contribution is -2.00.